The van der Waals surface area contributed by atoms with E-state index >= 15 is 0 Å². The highest BCUT2D eigenvalue weighted by atomic mass is 32.2. The van der Waals surface area contributed by atoms with Crippen LogP contribution in [-0.2, 0) is 38.4 Å². The van der Waals surface area contributed by atoms with Crippen molar-refractivity contribution in [1.82, 2.24) is 0 Å². The van der Waals surface area contributed by atoms with Crippen LogP contribution in [0.5, 0.6) is 0 Å². The summed E-state index contributed by atoms with van der Waals surface area (Å²) in [5, 5.41) is 22.0. The molecule has 0 atom stereocenters. The Balaban J connectivity index is 3.21. The van der Waals surface area contributed by atoms with Crippen molar-refractivity contribution >= 4 is 124 Å². The van der Waals surface area contributed by atoms with Gasteiger partial charge in [0.15, 0.2) is 0 Å². The quantitative estimate of drug-likeness (QED) is 0.0277. The Morgan fingerprint density at radius 1 is 0.462 bits per heavy atom. The van der Waals surface area contributed by atoms with Crippen molar-refractivity contribution in [3.8, 4) is 0 Å². The third-order valence-electron chi connectivity index (χ3n) is 3.20. The van der Waals surface area contributed by atoms with Gasteiger partial charge in [0.25, 0.3) is 0 Å². The van der Waals surface area contributed by atoms with Gasteiger partial charge in [0.05, 0.1) is 37.1 Å². The molecule has 0 bridgehead atoms. The predicted molar refractivity (Wildman–Crippen MR) is 176 cm³/mol. The first-order chi connectivity index (χ1) is 19.1. The molecule has 0 heterocycles. The summed E-state index contributed by atoms with van der Waals surface area (Å²) < 4.78 is 14.7. The Kier molecular flexibility index (Phi) is 35.1. The first-order valence-electron chi connectivity index (χ1n) is 11.2. The van der Waals surface area contributed by atoms with Gasteiger partial charge in [-0.1, -0.05) is 0 Å². The monoisotopic (exact) mass is 724 g/mol. The fraction of sp³-hybridized carbons (Fsp3) is 0.850. The lowest BCUT2D eigenvalue weighted by Gasteiger charge is -2.06. The van der Waals surface area contributed by atoms with Crippen molar-refractivity contribution < 1.29 is 48.6 Å². The second kappa shape index (κ2) is 33.9. The van der Waals surface area contributed by atoms with E-state index in [4.69, 9.17) is 34.2 Å². The smallest absolute Gasteiger partial charge is 0.316 e. The van der Waals surface area contributed by atoms with Crippen molar-refractivity contribution in [3.63, 3.8) is 0 Å². The third kappa shape index (κ3) is 33.8. The highest BCUT2D eigenvalue weighted by molar-refractivity contribution is 8.23. The zero-order valence-electron chi connectivity index (χ0n) is 21.4. The molecule has 0 saturated carbocycles. The molecule has 0 spiro atoms. The van der Waals surface area contributed by atoms with Crippen LogP contribution in [0.2, 0.25) is 0 Å². The zero-order valence-corrected chi connectivity index (χ0v) is 28.7. The summed E-state index contributed by atoms with van der Waals surface area (Å²) in [5.74, 6) is 1.61. The predicted octanol–water partition coefficient (Wildman–Crippen LogP) is 3.81. The standard InChI is InChI=1S/C20H36O10S9/c21-1-3-26-18(23)7-32-13-37-12-31-6-5-29-30-11-36-17-39-16-35-10-28-20(25)9-34-15-38-14-33-8-19(24)27-4-2-22/h21-22H,1-17H2. The highest BCUT2D eigenvalue weighted by Gasteiger charge is 2.05. The number of aliphatic hydroxyl groups is 2. The van der Waals surface area contributed by atoms with Crippen molar-refractivity contribution in [2.75, 3.05) is 98.4 Å². The molecule has 2 N–H and O–H groups in total. The van der Waals surface area contributed by atoms with Crippen LogP contribution in [0.4, 0.5) is 0 Å². The maximum atomic E-state index is 11.7. The van der Waals surface area contributed by atoms with Crippen LogP contribution in [0.3, 0.4) is 0 Å². The van der Waals surface area contributed by atoms with Gasteiger partial charge in [-0.3, -0.25) is 14.4 Å². The molecule has 0 amide bonds. The number of aliphatic hydroxyl groups excluding tert-OH is 2. The molecule has 19 heteroatoms. The molecule has 0 aromatic carbocycles. The molecule has 230 valence electrons. The molecule has 10 nitrogen and oxygen atoms in total. The van der Waals surface area contributed by atoms with Crippen LogP contribution in [0.1, 0.15) is 0 Å². The van der Waals surface area contributed by atoms with Gasteiger partial charge in [0.2, 0.25) is 0 Å². The third-order valence-corrected chi connectivity index (χ3v) is 13.5. The van der Waals surface area contributed by atoms with Crippen molar-refractivity contribution in [1.29, 1.82) is 0 Å². The summed E-state index contributed by atoms with van der Waals surface area (Å²) in [4.78, 5) is 44.5. The molecule has 0 radical (unpaired) electrons. The number of hydrogen-bond donors (Lipinski definition) is 2. The van der Waals surface area contributed by atoms with Crippen LogP contribution in [-0.4, -0.2) is 127 Å². The number of rotatable bonds is 30. The molecular weight excluding hydrogens is 689 g/mol. The Labute approximate surface area is 268 Å². The van der Waals surface area contributed by atoms with E-state index in [1.165, 1.54) is 35.3 Å². The average Bonchev–Trinajstić information content (AvgIpc) is 2.93. The minimum absolute atomic E-state index is 0.0331. The molecule has 0 unspecified atom stereocenters. The van der Waals surface area contributed by atoms with E-state index in [9.17, 15) is 14.4 Å². The first kappa shape index (κ1) is 40.4. The molecule has 0 aromatic rings. The Morgan fingerprint density at radius 3 is 1.41 bits per heavy atom. The maximum absolute atomic E-state index is 11.7. The van der Waals surface area contributed by atoms with Crippen LogP contribution in [0, 0.1) is 0 Å². The minimum Gasteiger partial charge on any atom is -0.463 e. The number of thioether (sulfide) groups is 9. The fourth-order valence-corrected chi connectivity index (χ4v) is 10.5. The van der Waals surface area contributed by atoms with E-state index in [1.54, 1.807) is 70.6 Å². The normalized spacial score (nSPS) is 10.9. The molecule has 0 aliphatic rings. The Hall–Kier alpha value is 1.40. The Bertz CT molecular complexity index is 596. The van der Waals surface area contributed by atoms with E-state index in [-0.39, 0.29) is 50.1 Å². The molecule has 0 rings (SSSR count). The summed E-state index contributed by atoms with van der Waals surface area (Å²) in [7, 11) is 0. The van der Waals surface area contributed by atoms with Crippen LogP contribution in [0.25, 0.3) is 0 Å². The van der Waals surface area contributed by atoms with E-state index in [2.05, 4.69) is 0 Å². The van der Waals surface area contributed by atoms with Crippen molar-refractivity contribution in [2.45, 2.75) is 0 Å². The van der Waals surface area contributed by atoms with Crippen LogP contribution in [0.15, 0.2) is 0 Å². The van der Waals surface area contributed by atoms with Gasteiger partial charge in [0, 0.05) is 36.3 Å². The van der Waals surface area contributed by atoms with Crippen LogP contribution < -0.4 is 0 Å². The molecule has 0 fully saturated rings. The van der Waals surface area contributed by atoms with Gasteiger partial charge in [0.1, 0.15) is 25.1 Å². The highest BCUT2D eigenvalue weighted by Crippen LogP contribution is 2.20. The van der Waals surface area contributed by atoms with E-state index in [1.807, 2.05) is 0 Å². The first-order valence-corrected chi connectivity index (χ1v) is 21.6. The molecule has 0 saturated heterocycles. The largest absolute Gasteiger partial charge is 0.463 e. The number of esters is 3. The topological polar surface area (TPSA) is 138 Å². The minimum atomic E-state index is -0.332. The van der Waals surface area contributed by atoms with Crippen molar-refractivity contribution in [3.05, 3.63) is 0 Å². The zero-order chi connectivity index (χ0) is 28.7. The number of hydrogen-bond acceptors (Lipinski definition) is 19. The average molecular weight is 725 g/mol. The molecule has 0 aliphatic heterocycles. The molecular formula is C20H36O10S9. The van der Waals surface area contributed by atoms with Gasteiger partial charge < -0.3 is 24.4 Å². The summed E-state index contributed by atoms with van der Waals surface area (Å²) in [6.07, 6.45) is 0. The van der Waals surface area contributed by atoms with E-state index < -0.39 is 0 Å². The lowest BCUT2D eigenvalue weighted by molar-refractivity contribution is -0.274. The summed E-state index contributed by atoms with van der Waals surface area (Å²) in [6, 6.07) is 0. The summed E-state index contributed by atoms with van der Waals surface area (Å²) in [6.45, 7) is 0.289. The number of carbonyl (C=O) groups is 3. The number of carbonyl (C=O) groups excluding carboxylic acids is 3. The summed E-state index contributed by atoms with van der Waals surface area (Å²) in [5.41, 5.74) is 0. The lowest BCUT2D eigenvalue weighted by atomic mass is 10.7. The Morgan fingerprint density at radius 2 is 0.897 bits per heavy atom. The van der Waals surface area contributed by atoms with Gasteiger partial charge in [-0.15, -0.1) is 106 Å². The second-order valence-corrected chi connectivity index (χ2v) is 17.3. The maximum Gasteiger partial charge on any atom is 0.316 e. The van der Waals surface area contributed by atoms with Crippen molar-refractivity contribution in [2.24, 2.45) is 0 Å². The van der Waals surface area contributed by atoms with E-state index in [0.717, 1.165) is 36.3 Å². The van der Waals surface area contributed by atoms with Gasteiger partial charge >= 0.3 is 17.9 Å². The summed E-state index contributed by atoms with van der Waals surface area (Å²) >= 11 is 14.4. The van der Waals surface area contributed by atoms with E-state index in [0.29, 0.717) is 30.0 Å². The lowest BCUT2D eigenvalue weighted by Crippen LogP contribution is -2.10. The second-order valence-electron chi connectivity index (χ2n) is 6.26. The molecule has 0 aromatic heterocycles. The van der Waals surface area contributed by atoms with Crippen LogP contribution >= 0.6 is 106 Å². The molecule has 0 aliphatic carbocycles. The molecule has 39 heavy (non-hydrogen) atoms. The number of ether oxygens (including phenoxy) is 3. The SMILES string of the molecule is O=C(CSCSCSCCOOCSCSCSCOC(=O)CSCSCSCC(=O)OCCO)OCCO. The van der Waals surface area contributed by atoms with Gasteiger partial charge in [-0.05, 0) is 0 Å². The van der Waals surface area contributed by atoms with Gasteiger partial charge in [-0.2, -0.15) is 0 Å². The van der Waals surface area contributed by atoms with Gasteiger partial charge in [-0.25, -0.2) is 9.78 Å². The fourth-order valence-electron chi connectivity index (χ4n) is 1.73.